The van der Waals surface area contributed by atoms with Crippen LogP contribution in [0.3, 0.4) is 0 Å². The maximum absolute atomic E-state index is 12.2. The molecule has 1 heterocycles. The van der Waals surface area contributed by atoms with Crippen molar-refractivity contribution in [3.05, 3.63) is 29.3 Å². The van der Waals surface area contributed by atoms with E-state index in [0.29, 0.717) is 12.2 Å². The monoisotopic (exact) mass is 248 g/mol. The summed E-state index contributed by atoms with van der Waals surface area (Å²) in [7, 11) is 0. The normalized spacial score (nSPS) is 15.8. The van der Waals surface area contributed by atoms with Gasteiger partial charge in [0.2, 0.25) is 0 Å². The molecule has 1 amide bonds. The van der Waals surface area contributed by atoms with E-state index in [1.807, 2.05) is 32.9 Å². The summed E-state index contributed by atoms with van der Waals surface area (Å²) in [5.74, 6) is 0.796. The number of ether oxygens (including phenoxy) is 1. The van der Waals surface area contributed by atoms with Crippen LogP contribution in [0.5, 0.6) is 5.75 Å². The Kier molecular flexibility index (Phi) is 3.30. The first-order valence-corrected chi connectivity index (χ1v) is 6.24. The highest BCUT2D eigenvalue weighted by Crippen LogP contribution is 2.26. The summed E-state index contributed by atoms with van der Waals surface area (Å²) in [6, 6.07) is 5.43. The van der Waals surface area contributed by atoms with E-state index in [0.717, 1.165) is 17.7 Å². The van der Waals surface area contributed by atoms with Gasteiger partial charge >= 0.3 is 0 Å². The minimum absolute atomic E-state index is 0.0907. The lowest BCUT2D eigenvalue weighted by atomic mass is 9.96. The van der Waals surface area contributed by atoms with E-state index in [2.05, 4.69) is 5.32 Å². The van der Waals surface area contributed by atoms with Crippen LogP contribution in [-0.2, 0) is 6.42 Å². The van der Waals surface area contributed by atoms with Gasteiger partial charge in [0.25, 0.3) is 5.91 Å². The maximum atomic E-state index is 12.2. The number of carbonyl (C=O) groups excluding carboxylic acids is 1. The summed E-state index contributed by atoms with van der Waals surface area (Å²) < 4.78 is 5.42. The molecule has 0 saturated carbocycles. The molecule has 0 aliphatic carbocycles. The number of rotatable bonds is 3. The SMILES string of the molecule is CC(N)C(C)(C)NC(=O)c1ccc2c(c1)CCO2. The summed E-state index contributed by atoms with van der Waals surface area (Å²) in [6.07, 6.45) is 0.868. The van der Waals surface area contributed by atoms with Crippen LogP contribution in [0.25, 0.3) is 0 Å². The van der Waals surface area contributed by atoms with Gasteiger partial charge in [-0.3, -0.25) is 4.79 Å². The number of fused-ring (bicyclic) bond motifs is 1. The second kappa shape index (κ2) is 4.61. The molecule has 1 aliphatic rings. The third kappa shape index (κ3) is 2.48. The molecule has 4 heteroatoms. The highest BCUT2D eigenvalue weighted by atomic mass is 16.5. The van der Waals surface area contributed by atoms with Crippen molar-refractivity contribution >= 4 is 5.91 Å². The van der Waals surface area contributed by atoms with Gasteiger partial charge in [-0.15, -0.1) is 0 Å². The number of hydrogen-bond donors (Lipinski definition) is 2. The van der Waals surface area contributed by atoms with Crippen LogP contribution in [0, 0.1) is 0 Å². The van der Waals surface area contributed by atoms with Gasteiger partial charge in [0.05, 0.1) is 6.61 Å². The fourth-order valence-corrected chi connectivity index (χ4v) is 1.81. The van der Waals surface area contributed by atoms with E-state index >= 15 is 0 Å². The molecule has 0 saturated heterocycles. The summed E-state index contributed by atoms with van der Waals surface area (Å²) in [4.78, 5) is 12.2. The van der Waals surface area contributed by atoms with Crippen molar-refractivity contribution in [3.8, 4) is 5.75 Å². The molecule has 2 rings (SSSR count). The molecule has 4 nitrogen and oxygen atoms in total. The van der Waals surface area contributed by atoms with Gasteiger partial charge in [0.15, 0.2) is 0 Å². The molecular formula is C14H20N2O2. The number of benzene rings is 1. The van der Waals surface area contributed by atoms with Gasteiger partial charge in [-0.25, -0.2) is 0 Å². The van der Waals surface area contributed by atoms with Crippen molar-refractivity contribution < 1.29 is 9.53 Å². The molecule has 18 heavy (non-hydrogen) atoms. The van der Waals surface area contributed by atoms with Crippen molar-refractivity contribution in [2.24, 2.45) is 5.73 Å². The largest absolute Gasteiger partial charge is 0.493 e. The lowest BCUT2D eigenvalue weighted by Gasteiger charge is -2.30. The molecule has 98 valence electrons. The van der Waals surface area contributed by atoms with Crippen molar-refractivity contribution in [1.82, 2.24) is 5.32 Å². The number of amides is 1. The molecule has 1 atom stereocenters. The van der Waals surface area contributed by atoms with E-state index in [1.165, 1.54) is 0 Å². The van der Waals surface area contributed by atoms with E-state index in [9.17, 15) is 4.79 Å². The number of nitrogens with two attached hydrogens (primary N) is 1. The van der Waals surface area contributed by atoms with E-state index in [-0.39, 0.29) is 11.9 Å². The lowest BCUT2D eigenvalue weighted by molar-refractivity contribution is 0.0903. The zero-order valence-electron chi connectivity index (χ0n) is 11.1. The Morgan fingerprint density at radius 3 is 2.89 bits per heavy atom. The predicted octanol–water partition coefficient (Wildman–Crippen LogP) is 1.48. The molecule has 1 aliphatic heterocycles. The Morgan fingerprint density at radius 1 is 1.50 bits per heavy atom. The molecule has 0 bridgehead atoms. The average molecular weight is 248 g/mol. The standard InChI is InChI=1S/C14H20N2O2/c1-9(15)14(2,3)16-13(17)11-4-5-12-10(8-11)6-7-18-12/h4-5,8-9H,6-7,15H2,1-3H3,(H,16,17). The Bertz CT molecular complexity index is 467. The minimum atomic E-state index is -0.424. The zero-order valence-corrected chi connectivity index (χ0v) is 11.1. The predicted molar refractivity (Wildman–Crippen MR) is 70.8 cm³/mol. The molecule has 0 spiro atoms. The first-order chi connectivity index (χ1) is 8.40. The van der Waals surface area contributed by atoms with Crippen LogP contribution in [0.2, 0.25) is 0 Å². The van der Waals surface area contributed by atoms with Crippen molar-refractivity contribution in [1.29, 1.82) is 0 Å². The first-order valence-electron chi connectivity index (χ1n) is 6.24. The average Bonchev–Trinajstić information content (AvgIpc) is 2.74. The highest BCUT2D eigenvalue weighted by Gasteiger charge is 2.26. The van der Waals surface area contributed by atoms with Crippen LogP contribution >= 0.6 is 0 Å². The fourth-order valence-electron chi connectivity index (χ4n) is 1.81. The Hall–Kier alpha value is -1.55. The van der Waals surface area contributed by atoms with Gasteiger partial charge in [0.1, 0.15) is 5.75 Å². The molecule has 3 N–H and O–H groups in total. The molecule has 0 aromatic heterocycles. The number of hydrogen-bond acceptors (Lipinski definition) is 3. The van der Waals surface area contributed by atoms with E-state index in [1.54, 1.807) is 6.07 Å². The molecule has 0 fully saturated rings. The third-order valence-electron chi connectivity index (χ3n) is 3.53. The molecular weight excluding hydrogens is 228 g/mol. The second-order valence-corrected chi connectivity index (χ2v) is 5.39. The van der Waals surface area contributed by atoms with Crippen molar-refractivity contribution in [2.45, 2.75) is 38.8 Å². The van der Waals surface area contributed by atoms with Crippen LogP contribution in [0.4, 0.5) is 0 Å². The van der Waals surface area contributed by atoms with Gasteiger partial charge in [-0.1, -0.05) is 0 Å². The Labute approximate surface area is 108 Å². The Morgan fingerprint density at radius 2 is 2.22 bits per heavy atom. The van der Waals surface area contributed by atoms with Crippen LogP contribution < -0.4 is 15.8 Å². The third-order valence-corrected chi connectivity index (χ3v) is 3.53. The molecule has 1 aromatic carbocycles. The van der Waals surface area contributed by atoms with Crippen LogP contribution in [0.15, 0.2) is 18.2 Å². The van der Waals surface area contributed by atoms with E-state index in [4.69, 9.17) is 10.5 Å². The smallest absolute Gasteiger partial charge is 0.251 e. The zero-order chi connectivity index (χ0) is 13.3. The van der Waals surface area contributed by atoms with Crippen LogP contribution in [0.1, 0.15) is 36.7 Å². The van der Waals surface area contributed by atoms with Gasteiger partial charge in [0, 0.05) is 23.6 Å². The minimum Gasteiger partial charge on any atom is -0.493 e. The number of carbonyl (C=O) groups is 1. The summed E-state index contributed by atoms with van der Waals surface area (Å²) >= 11 is 0. The Balaban J connectivity index is 2.15. The van der Waals surface area contributed by atoms with Crippen molar-refractivity contribution in [3.63, 3.8) is 0 Å². The lowest BCUT2D eigenvalue weighted by Crippen LogP contribution is -2.54. The second-order valence-electron chi connectivity index (χ2n) is 5.39. The maximum Gasteiger partial charge on any atom is 0.251 e. The van der Waals surface area contributed by atoms with Crippen molar-refractivity contribution in [2.75, 3.05) is 6.61 Å². The highest BCUT2D eigenvalue weighted by molar-refractivity contribution is 5.95. The molecule has 1 aromatic rings. The van der Waals surface area contributed by atoms with Gasteiger partial charge in [-0.2, -0.15) is 0 Å². The van der Waals surface area contributed by atoms with E-state index < -0.39 is 5.54 Å². The fraction of sp³-hybridized carbons (Fsp3) is 0.500. The first kappa shape index (κ1) is 12.9. The van der Waals surface area contributed by atoms with Crippen LogP contribution in [-0.4, -0.2) is 24.1 Å². The molecule has 0 radical (unpaired) electrons. The van der Waals surface area contributed by atoms with Gasteiger partial charge in [-0.05, 0) is 44.5 Å². The quantitative estimate of drug-likeness (QED) is 0.851. The summed E-state index contributed by atoms with van der Waals surface area (Å²) in [5, 5.41) is 2.96. The summed E-state index contributed by atoms with van der Waals surface area (Å²) in [5.41, 5.74) is 7.19. The topological polar surface area (TPSA) is 64.3 Å². The number of nitrogens with one attached hydrogen (secondary N) is 1. The van der Waals surface area contributed by atoms with Gasteiger partial charge < -0.3 is 15.8 Å². The molecule has 1 unspecified atom stereocenters. The summed E-state index contributed by atoms with van der Waals surface area (Å²) in [6.45, 7) is 6.43.